The minimum absolute atomic E-state index is 0.495. The highest BCUT2D eigenvalue weighted by molar-refractivity contribution is 4.91. The van der Waals surface area contributed by atoms with Gasteiger partial charge in [0, 0.05) is 0 Å². The second-order valence-electron chi connectivity index (χ2n) is 4.27. The van der Waals surface area contributed by atoms with Gasteiger partial charge in [-0.05, 0) is 31.6 Å². The summed E-state index contributed by atoms with van der Waals surface area (Å²) in [6.45, 7) is 2.14. The van der Waals surface area contributed by atoms with E-state index >= 15 is 0 Å². The maximum atomic E-state index is 12.5. The van der Waals surface area contributed by atoms with Crippen LogP contribution in [0.25, 0.3) is 0 Å². The van der Waals surface area contributed by atoms with Gasteiger partial charge in [-0.25, -0.2) is 8.78 Å². The van der Waals surface area contributed by atoms with Gasteiger partial charge in [0.1, 0.15) is 0 Å². The molecule has 0 aromatic carbocycles. The standard InChI is InChI=1S/C10H19F2N/c1-2-3-8-4-6-10(13,7-5-8)9(11)12/h8-9H,2-7,13H2,1H3. The van der Waals surface area contributed by atoms with Crippen molar-refractivity contribution < 1.29 is 8.78 Å². The summed E-state index contributed by atoms with van der Waals surface area (Å²) in [6.07, 6.45) is 2.72. The third-order valence-electron chi connectivity index (χ3n) is 3.17. The Balaban J connectivity index is 2.37. The summed E-state index contributed by atoms with van der Waals surface area (Å²) in [5.74, 6) is 0.639. The van der Waals surface area contributed by atoms with E-state index in [1.54, 1.807) is 0 Å². The molecule has 1 aliphatic carbocycles. The molecule has 2 N–H and O–H groups in total. The summed E-state index contributed by atoms with van der Waals surface area (Å²) < 4.78 is 25.0. The fraction of sp³-hybridized carbons (Fsp3) is 1.00. The zero-order valence-electron chi connectivity index (χ0n) is 8.23. The smallest absolute Gasteiger partial charge is 0.256 e. The van der Waals surface area contributed by atoms with Crippen LogP contribution >= 0.6 is 0 Å². The lowest BCUT2D eigenvalue weighted by Crippen LogP contribution is -2.49. The summed E-state index contributed by atoms with van der Waals surface area (Å²) in [4.78, 5) is 0. The van der Waals surface area contributed by atoms with Crippen molar-refractivity contribution in [3.63, 3.8) is 0 Å². The van der Waals surface area contributed by atoms with Gasteiger partial charge in [-0.1, -0.05) is 19.8 Å². The first-order valence-corrected chi connectivity index (χ1v) is 5.15. The molecule has 0 saturated heterocycles. The van der Waals surface area contributed by atoms with Crippen LogP contribution in [0.3, 0.4) is 0 Å². The molecule has 0 atom stereocenters. The van der Waals surface area contributed by atoms with E-state index < -0.39 is 12.0 Å². The van der Waals surface area contributed by atoms with Gasteiger partial charge in [0.25, 0.3) is 6.43 Å². The average molecular weight is 191 g/mol. The zero-order chi connectivity index (χ0) is 9.90. The van der Waals surface area contributed by atoms with Crippen molar-refractivity contribution in [3.8, 4) is 0 Å². The molecule has 3 heteroatoms. The number of alkyl halides is 2. The third-order valence-corrected chi connectivity index (χ3v) is 3.17. The Morgan fingerprint density at radius 1 is 1.38 bits per heavy atom. The van der Waals surface area contributed by atoms with Crippen LogP contribution in [0.1, 0.15) is 45.4 Å². The van der Waals surface area contributed by atoms with Crippen LogP contribution in [0.5, 0.6) is 0 Å². The van der Waals surface area contributed by atoms with Gasteiger partial charge in [-0.2, -0.15) is 0 Å². The molecule has 0 unspecified atom stereocenters. The lowest BCUT2D eigenvalue weighted by Gasteiger charge is -2.36. The van der Waals surface area contributed by atoms with E-state index in [-0.39, 0.29) is 0 Å². The predicted molar refractivity (Wildman–Crippen MR) is 49.8 cm³/mol. The number of nitrogens with two attached hydrogens (primary N) is 1. The molecule has 1 fully saturated rings. The second-order valence-corrected chi connectivity index (χ2v) is 4.27. The first-order valence-electron chi connectivity index (χ1n) is 5.15. The molecule has 1 aliphatic rings. The highest BCUT2D eigenvalue weighted by Crippen LogP contribution is 2.36. The number of hydrogen-bond donors (Lipinski definition) is 1. The Morgan fingerprint density at radius 3 is 2.31 bits per heavy atom. The Morgan fingerprint density at radius 2 is 1.92 bits per heavy atom. The van der Waals surface area contributed by atoms with E-state index in [4.69, 9.17) is 5.73 Å². The highest BCUT2D eigenvalue weighted by Gasteiger charge is 2.38. The summed E-state index contributed by atoms with van der Waals surface area (Å²) in [7, 11) is 0. The molecule has 0 radical (unpaired) electrons. The van der Waals surface area contributed by atoms with Gasteiger partial charge in [-0.3, -0.25) is 0 Å². The second kappa shape index (κ2) is 4.36. The van der Waals surface area contributed by atoms with Crippen molar-refractivity contribution in [1.29, 1.82) is 0 Å². The van der Waals surface area contributed by atoms with Crippen LogP contribution in [0, 0.1) is 5.92 Å². The molecule has 1 nitrogen and oxygen atoms in total. The van der Waals surface area contributed by atoms with Crippen LogP contribution in [-0.4, -0.2) is 12.0 Å². The van der Waals surface area contributed by atoms with Crippen LogP contribution in [0.2, 0.25) is 0 Å². The minimum Gasteiger partial charge on any atom is -0.320 e. The predicted octanol–water partition coefficient (Wildman–Crippen LogP) is 2.94. The molecule has 0 aromatic rings. The van der Waals surface area contributed by atoms with Gasteiger partial charge >= 0.3 is 0 Å². The number of hydrogen-bond acceptors (Lipinski definition) is 1. The summed E-state index contributed by atoms with van der Waals surface area (Å²) in [5.41, 5.74) is 4.43. The molecule has 0 bridgehead atoms. The normalized spacial score (nSPS) is 35.3. The molecule has 78 valence electrons. The summed E-state index contributed by atoms with van der Waals surface area (Å²) in [5, 5.41) is 0. The van der Waals surface area contributed by atoms with Crippen molar-refractivity contribution in [2.45, 2.75) is 57.4 Å². The average Bonchev–Trinajstić information content (AvgIpc) is 2.09. The van der Waals surface area contributed by atoms with E-state index in [9.17, 15) is 8.78 Å². The third kappa shape index (κ3) is 2.63. The Labute approximate surface area is 78.7 Å². The topological polar surface area (TPSA) is 26.0 Å². The van der Waals surface area contributed by atoms with Gasteiger partial charge in [0.15, 0.2) is 0 Å². The van der Waals surface area contributed by atoms with Crippen LogP contribution in [-0.2, 0) is 0 Å². The molecular formula is C10H19F2N. The Kier molecular flexibility index (Phi) is 3.65. The fourth-order valence-electron chi connectivity index (χ4n) is 2.13. The molecule has 0 aromatic heterocycles. The van der Waals surface area contributed by atoms with E-state index in [1.807, 2.05) is 0 Å². The number of halogens is 2. The highest BCUT2D eigenvalue weighted by atomic mass is 19.3. The molecule has 0 amide bonds. The molecule has 1 rings (SSSR count). The van der Waals surface area contributed by atoms with Crippen molar-refractivity contribution in [2.24, 2.45) is 11.7 Å². The molecule has 1 saturated carbocycles. The van der Waals surface area contributed by atoms with Crippen LogP contribution < -0.4 is 5.73 Å². The van der Waals surface area contributed by atoms with Gasteiger partial charge in [0.05, 0.1) is 5.54 Å². The minimum atomic E-state index is -2.35. The monoisotopic (exact) mass is 191 g/mol. The van der Waals surface area contributed by atoms with E-state index in [0.717, 1.165) is 19.3 Å². The van der Waals surface area contributed by atoms with Crippen molar-refractivity contribution in [1.82, 2.24) is 0 Å². The zero-order valence-corrected chi connectivity index (χ0v) is 8.23. The maximum Gasteiger partial charge on any atom is 0.256 e. The SMILES string of the molecule is CCCC1CCC(N)(C(F)F)CC1. The summed E-state index contributed by atoms with van der Waals surface area (Å²) in [6, 6.07) is 0. The molecular weight excluding hydrogens is 172 g/mol. The van der Waals surface area contributed by atoms with Crippen LogP contribution in [0.4, 0.5) is 8.78 Å². The van der Waals surface area contributed by atoms with Crippen molar-refractivity contribution in [3.05, 3.63) is 0 Å². The lowest BCUT2D eigenvalue weighted by atomic mass is 9.76. The first kappa shape index (κ1) is 10.9. The van der Waals surface area contributed by atoms with Crippen molar-refractivity contribution in [2.75, 3.05) is 0 Å². The molecule has 0 heterocycles. The Hall–Kier alpha value is -0.180. The molecule has 0 aliphatic heterocycles. The van der Waals surface area contributed by atoms with E-state index in [1.165, 1.54) is 6.42 Å². The fourth-order valence-corrected chi connectivity index (χ4v) is 2.13. The Bertz CT molecular complexity index is 151. The number of rotatable bonds is 3. The first-order chi connectivity index (χ1) is 6.08. The van der Waals surface area contributed by atoms with Gasteiger partial charge in [-0.15, -0.1) is 0 Å². The quantitative estimate of drug-likeness (QED) is 0.729. The van der Waals surface area contributed by atoms with E-state index in [0.29, 0.717) is 18.8 Å². The summed E-state index contributed by atoms with van der Waals surface area (Å²) >= 11 is 0. The lowest BCUT2D eigenvalue weighted by molar-refractivity contribution is 0.0212. The maximum absolute atomic E-state index is 12.5. The van der Waals surface area contributed by atoms with Crippen LogP contribution in [0.15, 0.2) is 0 Å². The molecule has 13 heavy (non-hydrogen) atoms. The van der Waals surface area contributed by atoms with Gasteiger partial charge in [0.2, 0.25) is 0 Å². The van der Waals surface area contributed by atoms with Crippen molar-refractivity contribution >= 4 is 0 Å². The van der Waals surface area contributed by atoms with Gasteiger partial charge < -0.3 is 5.73 Å². The largest absolute Gasteiger partial charge is 0.320 e. The molecule has 0 spiro atoms. The van der Waals surface area contributed by atoms with E-state index in [2.05, 4.69) is 6.92 Å².